The lowest BCUT2D eigenvalue weighted by molar-refractivity contribution is -0.116. The molecule has 4 rings (SSSR count). The van der Waals surface area contributed by atoms with E-state index < -0.39 is 5.91 Å². The molecule has 4 aromatic rings. The number of amides is 2. The number of para-hydroxylation sites is 1. The van der Waals surface area contributed by atoms with Gasteiger partial charge in [0, 0.05) is 17.9 Å². The Hall–Kier alpha value is -4.26. The predicted octanol–water partition coefficient (Wildman–Crippen LogP) is 5.66. The molecule has 0 unspecified atom stereocenters. The average molecular weight is 459 g/mol. The Kier molecular flexibility index (Phi) is 7.13. The first-order valence-corrected chi connectivity index (χ1v) is 11.0. The van der Waals surface area contributed by atoms with E-state index in [-0.39, 0.29) is 11.7 Å². The molecule has 0 atom stereocenters. The van der Waals surface area contributed by atoms with Crippen LogP contribution in [0, 0.1) is 0 Å². The molecule has 3 aromatic carbocycles. The smallest absolute Gasteiger partial charge is 0.293 e. The van der Waals surface area contributed by atoms with Gasteiger partial charge in [0.2, 0.25) is 11.7 Å². The van der Waals surface area contributed by atoms with Gasteiger partial charge in [0.15, 0.2) is 0 Å². The largest absolute Gasteiger partial charge is 0.497 e. The molecule has 2 N–H and O–H groups in total. The summed E-state index contributed by atoms with van der Waals surface area (Å²) in [6, 6.07) is 22.3. The highest BCUT2D eigenvalue weighted by atomic mass is 16.5. The lowest BCUT2D eigenvalue weighted by atomic mass is 10.1. The summed E-state index contributed by atoms with van der Waals surface area (Å²) in [5.74, 6) is 0.380. The first kappa shape index (κ1) is 22.9. The number of benzene rings is 3. The molecule has 174 valence electrons. The van der Waals surface area contributed by atoms with E-state index in [9.17, 15) is 9.59 Å². The highest BCUT2D eigenvalue weighted by Crippen LogP contribution is 2.34. The van der Waals surface area contributed by atoms with E-state index in [0.29, 0.717) is 46.7 Å². The van der Waals surface area contributed by atoms with Crippen LogP contribution in [0.3, 0.4) is 0 Å². The summed E-state index contributed by atoms with van der Waals surface area (Å²) in [7, 11) is 3.06. The number of hydrogen-bond donors (Lipinski definition) is 2. The number of furan rings is 1. The van der Waals surface area contributed by atoms with E-state index in [0.717, 1.165) is 6.42 Å². The van der Waals surface area contributed by atoms with Crippen LogP contribution in [-0.2, 0) is 11.2 Å². The normalized spacial score (nSPS) is 10.6. The average Bonchev–Trinajstić information content (AvgIpc) is 3.23. The topological polar surface area (TPSA) is 89.8 Å². The molecule has 0 aliphatic rings. The molecular weight excluding hydrogens is 432 g/mol. The zero-order valence-electron chi connectivity index (χ0n) is 19.1. The number of aryl methyl sites for hydroxylation is 1. The van der Waals surface area contributed by atoms with E-state index in [4.69, 9.17) is 13.9 Å². The molecule has 0 saturated carbocycles. The fraction of sp³-hybridized carbons (Fsp3) is 0.185. The Morgan fingerprint density at radius 3 is 2.41 bits per heavy atom. The predicted molar refractivity (Wildman–Crippen MR) is 132 cm³/mol. The summed E-state index contributed by atoms with van der Waals surface area (Å²) in [5.41, 5.74) is 2.49. The molecule has 7 heteroatoms. The minimum atomic E-state index is -0.501. The van der Waals surface area contributed by atoms with Crippen LogP contribution in [0.15, 0.2) is 77.2 Å². The Bertz CT molecular complexity index is 1300. The third-order valence-electron chi connectivity index (χ3n) is 5.44. The molecular formula is C27H26N2O5. The molecule has 7 nitrogen and oxygen atoms in total. The summed E-state index contributed by atoms with van der Waals surface area (Å²) >= 11 is 0. The van der Waals surface area contributed by atoms with Gasteiger partial charge < -0.3 is 24.5 Å². The summed E-state index contributed by atoms with van der Waals surface area (Å²) in [6.45, 7) is 0. The van der Waals surface area contributed by atoms with Gasteiger partial charge in [-0.15, -0.1) is 0 Å². The van der Waals surface area contributed by atoms with Crippen LogP contribution in [0.5, 0.6) is 11.5 Å². The third kappa shape index (κ3) is 5.20. The van der Waals surface area contributed by atoms with Crippen LogP contribution in [0.1, 0.15) is 29.0 Å². The van der Waals surface area contributed by atoms with Crippen molar-refractivity contribution < 1.29 is 23.5 Å². The first-order chi connectivity index (χ1) is 16.6. The Morgan fingerprint density at radius 2 is 1.65 bits per heavy atom. The Balaban J connectivity index is 1.53. The number of nitrogens with one attached hydrogen (secondary N) is 2. The standard InChI is InChI=1S/C27H26N2O5/c1-32-19-15-16-21(23(17-19)33-2)28-27(31)26-25(20-12-6-7-13-22(20)34-26)29-24(30)14-8-11-18-9-4-3-5-10-18/h3-7,9-10,12-13,15-17H,8,11,14H2,1-2H3,(H,28,31)(H,29,30). The SMILES string of the molecule is COc1ccc(NC(=O)c2oc3ccccc3c2NC(=O)CCCc2ccccc2)c(OC)c1. The highest BCUT2D eigenvalue weighted by Gasteiger charge is 2.23. The fourth-order valence-corrected chi connectivity index (χ4v) is 3.71. The molecule has 34 heavy (non-hydrogen) atoms. The van der Waals surface area contributed by atoms with Crippen molar-refractivity contribution in [1.82, 2.24) is 0 Å². The lowest BCUT2D eigenvalue weighted by Gasteiger charge is -2.12. The molecule has 1 heterocycles. The maximum Gasteiger partial charge on any atom is 0.293 e. The Morgan fingerprint density at radius 1 is 0.882 bits per heavy atom. The second kappa shape index (κ2) is 10.6. The number of fused-ring (bicyclic) bond motifs is 1. The van der Waals surface area contributed by atoms with Gasteiger partial charge in [-0.25, -0.2) is 0 Å². The zero-order valence-corrected chi connectivity index (χ0v) is 19.1. The van der Waals surface area contributed by atoms with E-state index in [1.165, 1.54) is 12.7 Å². The number of hydrogen-bond acceptors (Lipinski definition) is 5. The number of methoxy groups -OCH3 is 2. The second-order valence-corrected chi connectivity index (χ2v) is 7.71. The lowest BCUT2D eigenvalue weighted by Crippen LogP contribution is -2.17. The van der Waals surface area contributed by atoms with Gasteiger partial charge in [-0.05, 0) is 42.7 Å². The summed E-state index contributed by atoms with van der Waals surface area (Å²) in [6.07, 6.45) is 1.81. The third-order valence-corrected chi connectivity index (χ3v) is 5.44. The first-order valence-electron chi connectivity index (χ1n) is 11.0. The van der Waals surface area contributed by atoms with E-state index in [1.807, 2.05) is 48.5 Å². The molecule has 0 aliphatic carbocycles. The van der Waals surface area contributed by atoms with Gasteiger partial charge in [0.1, 0.15) is 22.8 Å². The summed E-state index contributed by atoms with van der Waals surface area (Å²) < 4.78 is 16.4. The van der Waals surface area contributed by atoms with Crippen molar-refractivity contribution in [2.75, 3.05) is 24.9 Å². The quantitative estimate of drug-likeness (QED) is 0.338. The van der Waals surface area contributed by atoms with Crippen LogP contribution >= 0.6 is 0 Å². The fourth-order valence-electron chi connectivity index (χ4n) is 3.71. The van der Waals surface area contributed by atoms with Crippen molar-refractivity contribution in [3.05, 3.63) is 84.1 Å². The van der Waals surface area contributed by atoms with E-state index >= 15 is 0 Å². The van der Waals surface area contributed by atoms with Gasteiger partial charge in [-0.2, -0.15) is 0 Å². The van der Waals surface area contributed by atoms with Crippen molar-refractivity contribution in [3.63, 3.8) is 0 Å². The molecule has 1 aromatic heterocycles. The van der Waals surface area contributed by atoms with Crippen LogP contribution in [-0.4, -0.2) is 26.0 Å². The minimum Gasteiger partial charge on any atom is -0.497 e. The van der Waals surface area contributed by atoms with Crippen LogP contribution in [0.4, 0.5) is 11.4 Å². The van der Waals surface area contributed by atoms with Gasteiger partial charge in [0.25, 0.3) is 5.91 Å². The van der Waals surface area contributed by atoms with Crippen molar-refractivity contribution in [2.45, 2.75) is 19.3 Å². The highest BCUT2D eigenvalue weighted by molar-refractivity contribution is 6.14. The van der Waals surface area contributed by atoms with Gasteiger partial charge in [0.05, 0.1) is 19.9 Å². The zero-order chi connectivity index (χ0) is 23.9. The molecule has 0 spiro atoms. The van der Waals surface area contributed by atoms with Crippen LogP contribution in [0.2, 0.25) is 0 Å². The van der Waals surface area contributed by atoms with Gasteiger partial charge in [-0.3, -0.25) is 9.59 Å². The van der Waals surface area contributed by atoms with E-state index in [2.05, 4.69) is 10.6 Å². The number of ether oxygens (including phenoxy) is 2. The number of rotatable bonds is 9. The van der Waals surface area contributed by atoms with Crippen molar-refractivity contribution in [1.29, 1.82) is 0 Å². The summed E-state index contributed by atoms with van der Waals surface area (Å²) in [4.78, 5) is 25.9. The van der Waals surface area contributed by atoms with Gasteiger partial charge in [-0.1, -0.05) is 42.5 Å². The minimum absolute atomic E-state index is 0.0236. The summed E-state index contributed by atoms with van der Waals surface area (Å²) in [5, 5.41) is 6.35. The Labute approximate surface area is 197 Å². The van der Waals surface area contributed by atoms with Crippen molar-refractivity contribution >= 4 is 34.2 Å². The maximum absolute atomic E-state index is 13.2. The van der Waals surface area contributed by atoms with Crippen LogP contribution < -0.4 is 20.1 Å². The van der Waals surface area contributed by atoms with Gasteiger partial charge >= 0.3 is 0 Å². The monoisotopic (exact) mass is 458 g/mol. The molecule has 0 saturated heterocycles. The van der Waals surface area contributed by atoms with Crippen molar-refractivity contribution in [2.24, 2.45) is 0 Å². The molecule has 0 aliphatic heterocycles. The van der Waals surface area contributed by atoms with E-state index in [1.54, 1.807) is 31.4 Å². The second-order valence-electron chi connectivity index (χ2n) is 7.71. The molecule has 0 fully saturated rings. The van der Waals surface area contributed by atoms with Crippen molar-refractivity contribution in [3.8, 4) is 11.5 Å². The molecule has 0 bridgehead atoms. The van der Waals surface area contributed by atoms with Crippen LogP contribution in [0.25, 0.3) is 11.0 Å². The number of carbonyl (C=O) groups excluding carboxylic acids is 2. The number of anilines is 2. The molecule has 2 amide bonds. The molecule has 0 radical (unpaired) electrons. The maximum atomic E-state index is 13.2. The number of carbonyl (C=O) groups is 2.